The van der Waals surface area contributed by atoms with E-state index in [2.05, 4.69) is 17.6 Å². The largest absolute Gasteiger partial charge is 0.376 e. The van der Waals surface area contributed by atoms with Gasteiger partial charge in [-0.05, 0) is 43.0 Å². The van der Waals surface area contributed by atoms with Crippen LogP contribution in [0.4, 0.5) is 11.4 Å². The van der Waals surface area contributed by atoms with Crippen LogP contribution in [0, 0.1) is 5.92 Å². The lowest BCUT2D eigenvalue weighted by Gasteiger charge is -2.31. The highest BCUT2D eigenvalue weighted by atomic mass is 16.2. The molecule has 26 heavy (non-hydrogen) atoms. The van der Waals surface area contributed by atoms with Crippen molar-refractivity contribution in [3.63, 3.8) is 0 Å². The van der Waals surface area contributed by atoms with Crippen LogP contribution in [0.2, 0.25) is 0 Å². The summed E-state index contributed by atoms with van der Waals surface area (Å²) in [6, 6.07) is 16.6. The number of likely N-dealkylation sites (tertiary alicyclic amines) is 1. The predicted octanol–water partition coefficient (Wildman–Crippen LogP) is 3.61. The smallest absolute Gasteiger partial charge is 0.257 e. The molecule has 2 aromatic carbocycles. The molecule has 136 valence electrons. The van der Waals surface area contributed by atoms with Crippen LogP contribution in [0.1, 0.15) is 30.1 Å². The Kier molecular flexibility index (Phi) is 5.89. The summed E-state index contributed by atoms with van der Waals surface area (Å²) < 4.78 is 0. The minimum Gasteiger partial charge on any atom is -0.376 e. The lowest BCUT2D eigenvalue weighted by molar-refractivity contribution is -0.130. The molecule has 0 radical (unpaired) electrons. The van der Waals surface area contributed by atoms with Crippen molar-refractivity contribution in [3.05, 3.63) is 60.2 Å². The molecule has 1 heterocycles. The van der Waals surface area contributed by atoms with Crippen molar-refractivity contribution in [2.45, 2.75) is 19.8 Å². The van der Waals surface area contributed by atoms with Crippen molar-refractivity contribution < 1.29 is 9.59 Å². The molecule has 0 saturated carbocycles. The number of hydrogen-bond donors (Lipinski definition) is 2. The van der Waals surface area contributed by atoms with Gasteiger partial charge in [-0.1, -0.05) is 37.3 Å². The molecule has 1 atom stereocenters. The number of anilines is 2. The van der Waals surface area contributed by atoms with Crippen LogP contribution >= 0.6 is 0 Å². The quantitative estimate of drug-likeness (QED) is 0.865. The number of carbonyl (C=O) groups excluding carboxylic acids is 2. The molecule has 2 aromatic rings. The molecule has 5 heteroatoms. The van der Waals surface area contributed by atoms with E-state index in [-0.39, 0.29) is 18.4 Å². The second-order valence-corrected chi connectivity index (χ2v) is 6.81. The van der Waals surface area contributed by atoms with Gasteiger partial charge >= 0.3 is 0 Å². The van der Waals surface area contributed by atoms with Crippen molar-refractivity contribution in [1.82, 2.24) is 4.90 Å². The van der Waals surface area contributed by atoms with Crippen LogP contribution in [0.5, 0.6) is 0 Å². The highest BCUT2D eigenvalue weighted by Gasteiger charge is 2.21. The third kappa shape index (κ3) is 4.63. The summed E-state index contributed by atoms with van der Waals surface area (Å²) >= 11 is 0. The van der Waals surface area contributed by atoms with Crippen LogP contribution in [0.15, 0.2) is 54.6 Å². The number of para-hydroxylation sites is 2. The fraction of sp³-hybridized carbons (Fsp3) is 0.333. The Hall–Kier alpha value is -2.82. The highest BCUT2D eigenvalue weighted by Crippen LogP contribution is 2.19. The zero-order valence-corrected chi connectivity index (χ0v) is 15.1. The van der Waals surface area contributed by atoms with E-state index in [1.54, 1.807) is 6.07 Å². The zero-order chi connectivity index (χ0) is 18.4. The molecule has 1 aliphatic rings. The Morgan fingerprint density at radius 1 is 1.08 bits per heavy atom. The molecule has 0 spiro atoms. The van der Waals surface area contributed by atoms with Crippen molar-refractivity contribution in [3.8, 4) is 0 Å². The molecular weight excluding hydrogens is 326 g/mol. The van der Waals surface area contributed by atoms with E-state index in [9.17, 15) is 9.59 Å². The second kappa shape index (κ2) is 8.52. The summed E-state index contributed by atoms with van der Waals surface area (Å²) in [5.41, 5.74) is 1.93. The van der Waals surface area contributed by atoms with E-state index in [0.717, 1.165) is 25.2 Å². The molecule has 2 amide bonds. The number of rotatable bonds is 5. The van der Waals surface area contributed by atoms with Crippen LogP contribution in [0.3, 0.4) is 0 Å². The molecule has 1 aliphatic heterocycles. The first-order valence-corrected chi connectivity index (χ1v) is 9.10. The average Bonchev–Trinajstić information content (AvgIpc) is 2.67. The number of hydrogen-bond acceptors (Lipinski definition) is 3. The van der Waals surface area contributed by atoms with Gasteiger partial charge in [0.15, 0.2) is 0 Å². The number of nitrogens with zero attached hydrogens (tertiary/aromatic N) is 1. The first kappa shape index (κ1) is 18.0. The fourth-order valence-corrected chi connectivity index (χ4v) is 3.25. The Morgan fingerprint density at radius 2 is 1.81 bits per heavy atom. The zero-order valence-electron chi connectivity index (χ0n) is 15.1. The summed E-state index contributed by atoms with van der Waals surface area (Å²) in [6.07, 6.45) is 2.24. The molecule has 1 unspecified atom stereocenters. The Morgan fingerprint density at radius 3 is 2.58 bits per heavy atom. The number of carbonyl (C=O) groups is 2. The number of benzene rings is 2. The highest BCUT2D eigenvalue weighted by molar-refractivity contribution is 6.08. The number of nitrogens with one attached hydrogen (secondary N) is 2. The molecule has 0 aromatic heterocycles. The molecule has 1 saturated heterocycles. The normalized spacial score (nSPS) is 16.8. The standard InChI is InChI=1S/C21H25N3O2/c1-16-8-7-13-24(15-16)20(25)14-22-19-12-6-5-11-18(19)21(26)23-17-9-3-2-4-10-17/h2-6,9-12,16,22H,7-8,13-15H2,1H3,(H,23,26). The number of piperidine rings is 1. The summed E-state index contributed by atoms with van der Waals surface area (Å²) in [5.74, 6) is 0.435. The topological polar surface area (TPSA) is 61.4 Å². The third-order valence-corrected chi connectivity index (χ3v) is 4.64. The molecular formula is C21H25N3O2. The molecule has 3 rings (SSSR count). The Labute approximate surface area is 154 Å². The number of amides is 2. The van der Waals surface area contributed by atoms with Gasteiger partial charge in [0.2, 0.25) is 5.91 Å². The first-order chi connectivity index (χ1) is 12.6. The van der Waals surface area contributed by atoms with Gasteiger partial charge in [0.05, 0.1) is 12.1 Å². The van der Waals surface area contributed by atoms with Gasteiger partial charge in [0.25, 0.3) is 5.91 Å². The van der Waals surface area contributed by atoms with Gasteiger partial charge in [-0.2, -0.15) is 0 Å². The van der Waals surface area contributed by atoms with Gasteiger partial charge < -0.3 is 15.5 Å². The molecule has 5 nitrogen and oxygen atoms in total. The summed E-state index contributed by atoms with van der Waals surface area (Å²) in [5, 5.41) is 6.02. The van der Waals surface area contributed by atoms with E-state index in [4.69, 9.17) is 0 Å². The van der Waals surface area contributed by atoms with Crippen LogP contribution in [-0.4, -0.2) is 36.3 Å². The van der Waals surface area contributed by atoms with Crippen molar-refractivity contribution in [1.29, 1.82) is 0 Å². The van der Waals surface area contributed by atoms with Gasteiger partial charge in [-0.25, -0.2) is 0 Å². The lowest BCUT2D eigenvalue weighted by Crippen LogP contribution is -2.42. The van der Waals surface area contributed by atoms with Crippen LogP contribution in [0.25, 0.3) is 0 Å². The lowest BCUT2D eigenvalue weighted by atomic mass is 10.0. The van der Waals surface area contributed by atoms with Crippen molar-refractivity contribution in [2.75, 3.05) is 30.3 Å². The van der Waals surface area contributed by atoms with Crippen molar-refractivity contribution >= 4 is 23.2 Å². The third-order valence-electron chi connectivity index (χ3n) is 4.64. The van der Waals surface area contributed by atoms with E-state index >= 15 is 0 Å². The molecule has 2 N–H and O–H groups in total. The minimum absolute atomic E-state index is 0.0785. The van der Waals surface area contributed by atoms with E-state index in [1.807, 2.05) is 53.4 Å². The van der Waals surface area contributed by atoms with E-state index in [0.29, 0.717) is 17.2 Å². The predicted molar refractivity (Wildman–Crippen MR) is 104 cm³/mol. The first-order valence-electron chi connectivity index (χ1n) is 9.10. The van der Waals surface area contributed by atoms with Gasteiger partial charge in [0.1, 0.15) is 0 Å². The molecule has 1 fully saturated rings. The molecule has 0 bridgehead atoms. The maximum Gasteiger partial charge on any atom is 0.257 e. The summed E-state index contributed by atoms with van der Waals surface area (Å²) in [6.45, 7) is 4.01. The Bertz CT molecular complexity index is 761. The maximum atomic E-state index is 12.6. The second-order valence-electron chi connectivity index (χ2n) is 6.81. The van der Waals surface area contributed by atoms with Crippen molar-refractivity contribution in [2.24, 2.45) is 5.92 Å². The van der Waals surface area contributed by atoms with Gasteiger partial charge in [-0.15, -0.1) is 0 Å². The average molecular weight is 351 g/mol. The van der Waals surface area contributed by atoms with Gasteiger partial charge in [0, 0.05) is 24.5 Å². The summed E-state index contributed by atoms with van der Waals surface area (Å²) in [4.78, 5) is 26.9. The molecule has 0 aliphatic carbocycles. The van der Waals surface area contributed by atoms with E-state index < -0.39 is 0 Å². The minimum atomic E-state index is -0.196. The van der Waals surface area contributed by atoms with Gasteiger partial charge in [-0.3, -0.25) is 9.59 Å². The SMILES string of the molecule is CC1CCCN(C(=O)CNc2ccccc2C(=O)Nc2ccccc2)C1. The van der Waals surface area contributed by atoms with E-state index in [1.165, 1.54) is 6.42 Å². The maximum absolute atomic E-state index is 12.6. The van der Waals surface area contributed by atoms with Crippen LogP contribution < -0.4 is 10.6 Å². The summed E-state index contributed by atoms with van der Waals surface area (Å²) in [7, 11) is 0. The van der Waals surface area contributed by atoms with Crippen LogP contribution in [-0.2, 0) is 4.79 Å². The fourth-order valence-electron chi connectivity index (χ4n) is 3.25. The Balaban J connectivity index is 1.63. The monoisotopic (exact) mass is 351 g/mol.